The van der Waals surface area contributed by atoms with Gasteiger partial charge in [-0.1, -0.05) is 5.16 Å². The first kappa shape index (κ1) is 12.0. The number of aromatic nitrogens is 5. The van der Waals surface area contributed by atoms with Crippen LogP contribution in [-0.4, -0.2) is 31.7 Å². The Kier molecular flexibility index (Phi) is 3.51. The summed E-state index contributed by atoms with van der Waals surface area (Å²) < 4.78 is 10.1. The Morgan fingerprint density at radius 1 is 1.28 bits per heavy atom. The zero-order valence-electron chi connectivity index (χ0n) is 10.0. The summed E-state index contributed by atoms with van der Waals surface area (Å²) in [6, 6.07) is 0.175. The van der Waals surface area contributed by atoms with Gasteiger partial charge in [0.15, 0.2) is 5.82 Å². The Labute approximate surface area is 103 Å². The molecule has 3 N–H and O–H groups in total. The quantitative estimate of drug-likeness (QED) is 0.763. The first-order valence-electron chi connectivity index (χ1n) is 5.34. The van der Waals surface area contributed by atoms with Crippen molar-refractivity contribution in [2.45, 2.75) is 20.4 Å². The van der Waals surface area contributed by atoms with Gasteiger partial charge in [-0.3, -0.25) is 0 Å². The molecule has 0 aliphatic heterocycles. The number of hydrogen-bond acceptors (Lipinski definition) is 9. The summed E-state index contributed by atoms with van der Waals surface area (Å²) in [5.74, 6) is 1.38. The number of anilines is 2. The Morgan fingerprint density at radius 2 is 2.11 bits per heavy atom. The molecule has 0 atom stereocenters. The summed E-state index contributed by atoms with van der Waals surface area (Å²) in [5.41, 5.74) is 5.53. The zero-order valence-corrected chi connectivity index (χ0v) is 10.0. The van der Waals surface area contributed by atoms with E-state index in [0.29, 0.717) is 30.8 Å². The second-order valence-electron chi connectivity index (χ2n) is 3.32. The van der Waals surface area contributed by atoms with Gasteiger partial charge < -0.3 is 20.3 Å². The third-order valence-electron chi connectivity index (χ3n) is 1.87. The topological polar surface area (TPSA) is 125 Å². The lowest BCUT2D eigenvalue weighted by Crippen LogP contribution is -2.09. The van der Waals surface area contributed by atoms with Gasteiger partial charge in [0.25, 0.3) is 0 Å². The van der Waals surface area contributed by atoms with Crippen molar-refractivity contribution >= 4 is 11.9 Å². The van der Waals surface area contributed by atoms with Gasteiger partial charge in [0, 0.05) is 0 Å². The zero-order chi connectivity index (χ0) is 13.0. The minimum atomic E-state index is 0.0812. The average molecular weight is 251 g/mol. The van der Waals surface area contributed by atoms with Crippen LogP contribution in [0, 0.1) is 6.92 Å². The van der Waals surface area contributed by atoms with Crippen LogP contribution in [0.5, 0.6) is 6.01 Å². The molecule has 0 aliphatic carbocycles. The van der Waals surface area contributed by atoms with Gasteiger partial charge in [-0.05, 0) is 13.8 Å². The van der Waals surface area contributed by atoms with Crippen molar-refractivity contribution in [1.29, 1.82) is 0 Å². The van der Waals surface area contributed by atoms with Crippen LogP contribution in [0.1, 0.15) is 18.6 Å². The third-order valence-corrected chi connectivity index (χ3v) is 1.87. The van der Waals surface area contributed by atoms with Gasteiger partial charge in [-0.2, -0.15) is 19.9 Å². The fourth-order valence-corrected chi connectivity index (χ4v) is 1.21. The summed E-state index contributed by atoms with van der Waals surface area (Å²) in [4.78, 5) is 15.8. The molecule has 2 aromatic rings. The van der Waals surface area contributed by atoms with E-state index in [0.717, 1.165) is 0 Å². The summed E-state index contributed by atoms with van der Waals surface area (Å²) in [6.07, 6.45) is 0. The van der Waals surface area contributed by atoms with Crippen molar-refractivity contribution in [2.75, 3.05) is 17.7 Å². The van der Waals surface area contributed by atoms with Crippen molar-refractivity contribution < 1.29 is 9.26 Å². The van der Waals surface area contributed by atoms with Crippen LogP contribution in [-0.2, 0) is 6.54 Å². The highest BCUT2D eigenvalue weighted by molar-refractivity contribution is 5.32. The number of nitrogens with zero attached hydrogens (tertiary/aromatic N) is 5. The molecule has 2 heterocycles. The molecule has 0 amide bonds. The molecule has 96 valence electrons. The maximum absolute atomic E-state index is 5.53. The van der Waals surface area contributed by atoms with Gasteiger partial charge in [0.2, 0.25) is 17.8 Å². The molecule has 0 spiro atoms. The number of rotatable bonds is 5. The van der Waals surface area contributed by atoms with E-state index < -0.39 is 0 Å². The van der Waals surface area contributed by atoms with Crippen LogP contribution < -0.4 is 15.8 Å². The number of ether oxygens (including phenoxy) is 1. The molecule has 0 saturated carbocycles. The fourth-order valence-electron chi connectivity index (χ4n) is 1.21. The molecule has 18 heavy (non-hydrogen) atoms. The van der Waals surface area contributed by atoms with Gasteiger partial charge in [0.05, 0.1) is 13.2 Å². The van der Waals surface area contributed by atoms with E-state index in [1.54, 1.807) is 6.92 Å². The van der Waals surface area contributed by atoms with Crippen molar-refractivity contribution in [3.8, 4) is 6.01 Å². The van der Waals surface area contributed by atoms with Crippen molar-refractivity contribution in [3.05, 3.63) is 11.7 Å². The minimum Gasteiger partial charge on any atom is -0.464 e. The predicted octanol–water partition coefficient (Wildman–Crippen LogP) is 0.156. The van der Waals surface area contributed by atoms with Crippen LogP contribution >= 0.6 is 0 Å². The highest BCUT2D eigenvalue weighted by Crippen LogP contribution is 2.09. The number of aryl methyl sites for hydroxylation is 1. The lowest BCUT2D eigenvalue weighted by Gasteiger charge is -2.05. The summed E-state index contributed by atoms with van der Waals surface area (Å²) in [5, 5.41) is 6.56. The van der Waals surface area contributed by atoms with Gasteiger partial charge in [0.1, 0.15) is 0 Å². The van der Waals surface area contributed by atoms with Crippen LogP contribution in [0.4, 0.5) is 11.9 Å². The molecule has 0 bridgehead atoms. The average Bonchev–Trinajstić information content (AvgIpc) is 2.72. The van der Waals surface area contributed by atoms with Gasteiger partial charge in [-0.15, -0.1) is 0 Å². The van der Waals surface area contributed by atoms with Crippen LogP contribution in [0.3, 0.4) is 0 Å². The van der Waals surface area contributed by atoms with Gasteiger partial charge >= 0.3 is 6.01 Å². The summed E-state index contributed by atoms with van der Waals surface area (Å²) >= 11 is 0. The lowest BCUT2D eigenvalue weighted by molar-refractivity contribution is 0.312. The number of nitrogens with one attached hydrogen (secondary N) is 1. The molecule has 2 rings (SSSR count). The molecule has 9 nitrogen and oxygen atoms in total. The monoisotopic (exact) mass is 251 g/mol. The van der Waals surface area contributed by atoms with E-state index in [1.165, 1.54) is 0 Å². The van der Waals surface area contributed by atoms with E-state index in [9.17, 15) is 0 Å². The van der Waals surface area contributed by atoms with E-state index >= 15 is 0 Å². The fraction of sp³-hybridized carbons (Fsp3) is 0.444. The van der Waals surface area contributed by atoms with Crippen LogP contribution in [0.15, 0.2) is 4.52 Å². The Morgan fingerprint density at radius 3 is 2.78 bits per heavy atom. The first-order chi connectivity index (χ1) is 8.67. The molecule has 0 saturated heterocycles. The number of nitrogens with two attached hydrogens (primary N) is 1. The molecule has 0 unspecified atom stereocenters. The van der Waals surface area contributed by atoms with E-state index in [4.69, 9.17) is 15.0 Å². The Bertz CT molecular complexity index is 527. The summed E-state index contributed by atoms with van der Waals surface area (Å²) in [6.45, 7) is 4.32. The van der Waals surface area contributed by atoms with E-state index in [2.05, 4.69) is 30.4 Å². The van der Waals surface area contributed by atoms with E-state index in [1.807, 2.05) is 6.92 Å². The molecule has 9 heteroatoms. The molecular weight excluding hydrogens is 238 g/mol. The first-order valence-corrected chi connectivity index (χ1v) is 5.34. The Balaban J connectivity index is 2.04. The molecule has 0 aromatic carbocycles. The second-order valence-corrected chi connectivity index (χ2v) is 3.32. The van der Waals surface area contributed by atoms with Gasteiger partial charge in [-0.25, -0.2) is 0 Å². The molecule has 0 fully saturated rings. The maximum atomic E-state index is 5.53. The number of hydrogen-bond donors (Lipinski definition) is 2. The van der Waals surface area contributed by atoms with Crippen LogP contribution in [0.25, 0.3) is 0 Å². The van der Waals surface area contributed by atoms with Crippen molar-refractivity contribution in [1.82, 2.24) is 25.1 Å². The maximum Gasteiger partial charge on any atom is 0.323 e. The molecule has 0 radical (unpaired) electrons. The minimum absolute atomic E-state index is 0.0812. The van der Waals surface area contributed by atoms with E-state index in [-0.39, 0.29) is 12.0 Å². The van der Waals surface area contributed by atoms with Crippen molar-refractivity contribution in [3.63, 3.8) is 0 Å². The largest absolute Gasteiger partial charge is 0.464 e. The molecule has 0 aliphatic rings. The smallest absolute Gasteiger partial charge is 0.323 e. The molecular formula is C9H13N7O2. The second kappa shape index (κ2) is 5.25. The lowest BCUT2D eigenvalue weighted by atomic mass is 10.6. The normalized spacial score (nSPS) is 10.3. The molecule has 2 aromatic heterocycles. The SMILES string of the molecule is CCOc1nc(N)nc(NCc2nc(C)no2)n1. The highest BCUT2D eigenvalue weighted by atomic mass is 16.5. The number of nitrogen functional groups attached to an aromatic ring is 1. The Hall–Kier alpha value is -2.45. The highest BCUT2D eigenvalue weighted by Gasteiger charge is 2.07. The van der Waals surface area contributed by atoms with Crippen molar-refractivity contribution in [2.24, 2.45) is 0 Å². The predicted molar refractivity (Wildman–Crippen MR) is 61.8 cm³/mol. The van der Waals surface area contributed by atoms with Crippen LogP contribution in [0.2, 0.25) is 0 Å². The summed E-state index contributed by atoms with van der Waals surface area (Å²) in [7, 11) is 0. The third kappa shape index (κ3) is 3.03. The standard InChI is InChI=1S/C9H13N7O2/c1-3-17-9-14-7(10)13-8(15-9)11-4-6-12-5(2)16-18-6/h3-4H2,1-2H3,(H3,10,11,13,14,15).